The van der Waals surface area contributed by atoms with Gasteiger partial charge in [-0.2, -0.15) is 0 Å². The van der Waals surface area contributed by atoms with Crippen LogP contribution in [0.3, 0.4) is 0 Å². The normalized spacial score (nSPS) is 16.0. The Morgan fingerprint density at radius 2 is 1.11 bits per heavy atom. The maximum Gasteiger partial charge on any atom is 0.329 e. The summed E-state index contributed by atoms with van der Waals surface area (Å²) in [6.45, 7) is 21.7. The van der Waals surface area contributed by atoms with Gasteiger partial charge in [0.15, 0.2) is 6.29 Å². The van der Waals surface area contributed by atoms with Gasteiger partial charge in [0.05, 0.1) is 19.3 Å². The largest absolute Gasteiger partial charge is 0.488 e. The molecule has 4 aromatic rings. The molecular weight excluding hydrogens is 1190 g/mol. The highest BCUT2D eigenvalue weighted by Gasteiger charge is 2.42. The van der Waals surface area contributed by atoms with Crippen molar-refractivity contribution in [2.75, 3.05) is 20.3 Å². The van der Waals surface area contributed by atoms with Crippen LogP contribution in [0.1, 0.15) is 150 Å². The zero-order chi connectivity index (χ0) is 68.7. The van der Waals surface area contributed by atoms with Crippen LogP contribution >= 0.6 is 0 Å². The molecule has 0 saturated carbocycles. The molecule has 22 nitrogen and oxygen atoms in total. The standard InChI is InChI=1S/C71H100N8O14/c1-14-45(7)59(72)67(86)79(13)56(42-48-31-33-52(34-32-48)93-70(10,11)12)65(84)76-60(46(8)15-2)69(89)92-47(9)61(66(85)75-55(41-43(3)4)64(83)74-54(68(87)88)36-38-58-90-39-40-91-58)77-63(82)53(73-62(81)44(5)6)35-37-57(80)78-71(49-25-19-16-20-26-49,50-27-21-17-22-28-50)51-29-23-18-24-30-51/h16-34,43-47,53-56,58-61H,14-15,35-42,72H2,1-13H3,(H,73,81)(H,74,83)(H,75,85)(H,76,84)(H,77,82)(H,78,80)(H,87,88)/t45-,46-,47+,53-,54-,55-,56-,59-,60-,61-/m0/s1. The molecule has 7 amide bonds. The number of nitrogens with zero attached hydrogens (tertiary/aromatic N) is 1. The predicted molar refractivity (Wildman–Crippen MR) is 353 cm³/mol. The number of aliphatic carboxylic acids is 1. The number of rotatable bonds is 35. The van der Waals surface area contributed by atoms with Crippen LogP contribution in [0.2, 0.25) is 0 Å². The number of likely N-dealkylation sites (N-methyl/N-ethyl adjacent to an activating group) is 1. The smallest absolute Gasteiger partial charge is 0.329 e. The molecule has 22 heteroatoms. The molecule has 0 aliphatic carbocycles. The molecule has 93 heavy (non-hydrogen) atoms. The molecule has 1 aliphatic rings. The number of nitrogens with two attached hydrogens (primary N) is 1. The molecule has 9 N–H and O–H groups in total. The minimum Gasteiger partial charge on any atom is -0.488 e. The Bertz CT molecular complexity index is 2990. The summed E-state index contributed by atoms with van der Waals surface area (Å²) in [7, 11) is 1.47. The molecule has 1 heterocycles. The van der Waals surface area contributed by atoms with E-state index in [-0.39, 0.29) is 50.4 Å². The molecule has 5 rings (SSSR count). The van der Waals surface area contributed by atoms with E-state index in [0.717, 1.165) is 16.7 Å². The van der Waals surface area contributed by atoms with E-state index in [9.17, 15) is 38.7 Å². The first kappa shape index (κ1) is 75.5. The van der Waals surface area contributed by atoms with Crippen LogP contribution in [-0.4, -0.2) is 144 Å². The van der Waals surface area contributed by atoms with Crippen LogP contribution in [0, 0.1) is 23.7 Å². The van der Waals surface area contributed by atoms with Crippen LogP contribution < -0.4 is 42.4 Å². The van der Waals surface area contributed by atoms with E-state index in [2.05, 4.69) is 31.9 Å². The SMILES string of the molecule is CC[C@H](C)[C@H](N)C(=O)N(C)[C@@H](Cc1ccc(OC(C)(C)C)cc1)C(=O)N[C@H](C(=O)O[C@H](C)[C@H](NC(=O)[C@H](CCC(=O)NC(c1ccccc1)(c1ccccc1)c1ccccc1)NC(=O)C(C)C)C(=O)N[C@@H](CC(C)C)C(=O)N[C@@H](CCC1OCCO1)C(=O)O)[C@@H](C)CC. The van der Waals surface area contributed by atoms with Gasteiger partial charge in [-0.1, -0.05) is 171 Å². The van der Waals surface area contributed by atoms with Crippen molar-refractivity contribution in [3.05, 3.63) is 138 Å². The van der Waals surface area contributed by atoms with Crippen molar-refractivity contribution in [2.24, 2.45) is 29.4 Å². The second-order valence-electron chi connectivity index (χ2n) is 25.9. The summed E-state index contributed by atoms with van der Waals surface area (Å²) in [5, 5.41) is 27.0. The van der Waals surface area contributed by atoms with E-state index in [0.29, 0.717) is 37.4 Å². The summed E-state index contributed by atoms with van der Waals surface area (Å²) < 4.78 is 23.2. The number of esters is 1. The zero-order valence-corrected chi connectivity index (χ0v) is 56.3. The lowest BCUT2D eigenvalue weighted by molar-refractivity contribution is -0.158. The third-order valence-corrected chi connectivity index (χ3v) is 16.7. The number of carbonyl (C=O) groups excluding carboxylic acids is 8. The summed E-state index contributed by atoms with van der Waals surface area (Å²) in [6.07, 6.45) is -2.00. The van der Waals surface area contributed by atoms with Gasteiger partial charge in [0.1, 0.15) is 59.2 Å². The van der Waals surface area contributed by atoms with Crippen molar-refractivity contribution in [3.63, 3.8) is 0 Å². The molecule has 0 aromatic heterocycles. The van der Waals surface area contributed by atoms with Gasteiger partial charge in [0.2, 0.25) is 41.4 Å². The lowest BCUT2D eigenvalue weighted by Crippen LogP contribution is -2.62. The summed E-state index contributed by atoms with van der Waals surface area (Å²) >= 11 is 0. The number of nitrogens with one attached hydrogen (secondary N) is 6. The first-order chi connectivity index (χ1) is 44.0. The Morgan fingerprint density at radius 3 is 1.59 bits per heavy atom. The molecule has 1 fully saturated rings. The van der Waals surface area contributed by atoms with E-state index in [1.807, 2.05) is 126 Å². The molecule has 1 aliphatic heterocycles. The third kappa shape index (κ3) is 22.2. The van der Waals surface area contributed by atoms with Gasteiger partial charge in [-0.15, -0.1) is 0 Å². The van der Waals surface area contributed by atoms with E-state index in [4.69, 9.17) is 24.7 Å². The van der Waals surface area contributed by atoms with Gasteiger partial charge in [0, 0.05) is 32.2 Å². The van der Waals surface area contributed by atoms with E-state index in [1.54, 1.807) is 65.8 Å². The Morgan fingerprint density at radius 1 is 0.613 bits per heavy atom. The van der Waals surface area contributed by atoms with E-state index < -0.39 is 131 Å². The van der Waals surface area contributed by atoms with Crippen molar-refractivity contribution in [1.82, 2.24) is 36.8 Å². The minimum absolute atomic E-state index is 0.00411. The van der Waals surface area contributed by atoms with Crippen LogP contribution in [0.15, 0.2) is 115 Å². The number of benzene rings is 4. The van der Waals surface area contributed by atoms with Gasteiger partial charge < -0.3 is 66.6 Å². The van der Waals surface area contributed by atoms with Crippen molar-refractivity contribution in [1.29, 1.82) is 0 Å². The third-order valence-electron chi connectivity index (χ3n) is 16.7. The summed E-state index contributed by atoms with van der Waals surface area (Å²) in [5.74, 6) is -8.78. The van der Waals surface area contributed by atoms with Crippen molar-refractivity contribution < 1.29 is 67.2 Å². The second-order valence-corrected chi connectivity index (χ2v) is 25.9. The fourth-order valence-electron chi connectivity index (χ4n) is 10.8. The average molecular weight is 1290 g/mol. The van der Waals surface area contributed by atoms with E-state index in [1.165, 1.54) is 18.9 Å². The number of hydrogen-bond acceptors (Lipinski definition) is 14. The maximum atomic E-state index is 15.1. The minimum atomic E-state index is -1.86. The number of hydrogen-bond donors (Lipinski definition) is 8. The maximum absolute atomic E-state index is 15.1. The Balaban J connectivity index is 1.53. The predicted octanol–water partition coefficient (Wildman–Crippen LogP) is 6.84. The molecule has 10 atom stereocenters. The molecule has 0 spiro atoms. The molecular formula is C71H100N8O14. The van der Waals surface area contributed by atoms with Crippen LogP contribution in [0.4, 0.5) is 0 Å². The molecule has 1 saturated heterocycles. The lowest BCUT2D eigenvalue weighted by Gasteiger charge is -2.37. The topological polar surface area (TPSA) is 312 Å². The monoisotopic (exact) mass is 1290 g/mol. The number of ether oxygens (including phenoxy) is 4. The first-order valence-corrected chi connectivity index (χ1v) is 32.5. The molecule has 0 bridgehead atoms. The summed E-state index contributed by atoms with van der Waals surface area (Å²) in [5.41, 5.74) is 7.62. The zero-order valence-electron chi connectivity index (χ0n) is 56.3. The van der Waals surface area contributed by atoms with Crippen molar-refractivity contribution in [2.45, 2.75) is 200 Å². The Hall–Kier alpha value is -8.21. The van der Waals surface area contributed by atoms with Gasteiger partial charge in [-0.3, -0.25) is 33.6 Å². The van der Waals surface area contributed by atoms with Gasteiger partial charge in [0.25, 0.3) is 0 Å². The molecule has 0 radical (unpaired) electrons. The Labute approximate surface area is 548 Å². The van der Waals surface area contributed by atoms with E-state index >= 15 is 9.59 Å². The highest BCUT2D eigenvalue weighted by molar-refractivity contribution is 5.96. The first-order valence-electron chi connectivity index (χ1n) is 32.5. The molecule has 4 aromatic carbocycles. The van der Waals surface area contributed by atoms with Crippen LogP contribution in [-0.2, 0) is 69.3 Å². The van der Waals surface area contributed by atoms with Gasteiger partial charge in [-0.05, 0) is 99.1 Å². The highest BCUT2D eigenvalue weighted by atomic mass is 16.7. The number of carbonyl (C=O) groups is 9. The number of amides is 7. The van der Waals surface area contributed by atoms with Crippen molar-refractivity contribution in [3.8, 4) is 5.75 Å². The van der Waals surface area contributed by atoms with Crippen LogP contribution in [0.25, 0.3) is 0 Å². The molecule has 0 unspecified atom stereocenters. The summed E-state index contributed by atoms with van der Waals surface area (Å²) in [6, 6.07) is 25.4. The highest BCUT2D eigenvalue weighted by Crippen LogP contribution is 2.37. The van der Waals surface area contributed by atoms with Crippen LogP contribution in [0.5, 0.6) is 5.75 Å². The number of carboxylic acid groups (broad SMARTS) is 1. The van der Waals surface area contributed by atoms with Gasteiger partial charge >= 0.3 is 11.9 Å². The fraction of sp³-hybridized carbons (Fsp3) is 0.535. The number of carboxylic acids is 1. The van der Waals surface area contributed by atoms with Gasteiger partial charge in [-0.25, -0.2) is 9.59 Å². The lowest BCUT2D eigenvalue weighted by atomic mass is 9.77. The Kier molecular flexibility index (Phi) is 29.0. The quantitative estimate of drug-likeness (QED) is 0.0173. The average Bonchev–Trinajstić information content (AvgIpc) is 1.09. The second kappa shape index (κ2) is 35.7. The molecule has 508 valence electrons. The van der Waals surface area contributed by atoms with Crippen molar-refractivity contribution >= 4 is 53.3 Å². The summed E-state index contributed by atoms with van der Waals surface area (Å²) in [4.78, 5) is 131. The fourth-order valence-corrected chi connectivity index (χ4v) is 10.8.